The zero-order chi connectivity index (χ0) is 24.0. The van der Waals surface area contributed by atoms with Crippen LogP contribution in [-0.2, 0) is 9.53 Å². The van der Waals surface area contributed by atoms with Crippen molar-refractivity contribution in [2.24, 2.45) is 16.1 Å². The van der Waals surface area contributed by atoms with Gasteiger partial charge in [-0.3, -0.25) is 19.5 Å². The van der Waals surface area contributed by atoms with Crippen molar-refractivity contribution < 1.29 is 14.3 Å². The Bertz CT molecular complexity index is 1210. The highest BCUT2D eigenvalue weighted by Gasteiger charge is 2.17. The van der Waals surface area contributed by atoms with Gasteiger partial charge in [0.2, 0.25) is 0 Å². The number of H-pyrrole nitrogens is 1. The highest BCUT2D eigenvalue weighted by Crippen LogP contribution is 2.22. The molecule has 2 N–H and O–H groups in total. The Kier molecular flexibility index (Phi) is 7.55. The van der Waals surface area contributed by atoms with E-state index in [2.05, 4.69) is 20.6 Å². The maximum absolute atomic E-state index is 12.8. The van der Waals surface area contributed by atoms with Crippen molar-refractivity contribution in [1.82, 2.24) is 15.1 Å². The largest absolute Gasteiger partial charge is 0.461 e. The van der Waals surface area contributed by atoms with E-state index in [4.69, 9.17) is 4.74 Å². The molecule has 0 aliphatic heterocycles. The Balaban J connectivity index is 1.76. The lowest BCUT2D eigenvalue weighted by atomic mass is 10.1. The van der Waals surface area contributed by atoms with E-state index in [9.17, 15) is 14.4 Å². The molecule has 33 heavy (non-hydrogen) atoms. The monoisotopic (exact) mass is 449 g/mol. The summed E-state index contributed by atoms with van der Waals surface area (Å²) in [6.07, 6.45) is -0.475. The summed E-state index contributed by atoms with van der Waals surface area (Å²) in [6.45, 7) is 7.08. The van der Waals surface area contributed by atoms with Crippen LogP contribution < -0.4 is 10.9 Å². The summed E-state index contributed by atoms with van der Waals surface area (Å²) in [6, 6.07) is 15.8. The number of esters is 1. The van der Waals surface area contributed by atoms with E-state index in [-0.39, 0.29) is 35.6 Å². The predicted molar refractivity (Wildman–Crippen MR) is 124 cm³/mol. The zero-order valence-corrected chi connectivity index (χ0v) is 19.0. The normalized spacial score (nSPS) is 12.2. The lowest BCUT2D eigenvalue weighted by Gasteiger charge is -2.15. The number of carbonyl (C=O) groups excluding carboxylic acids is 2. The molecule has 9 nitrogen and oxygen atoms in total. The minimum Gasteiger partial charge on any atom is -0.461 e. The molecule has 3 rings (SSSR count). The molecule has 0 spiro atoms. The standard InChI is InChI=1S/C24H27N5O4/c1-15(2)24(32)33-16(3)14-25-22(30)19-12-8-9-13-20(19)26-27-21-17(4)28-29(23(21)31)18-10-6-5-7-11-18/h5-13,15-16,28H,14H2,1-4H3,(H,25,30). The number of nitrogens with zero attached hydrogens (tertiary/aromatic N) is 3. The van der Waals surface area contributed by atoms with Crippen molar-refractivity contribution >= 4 is 23.3 Å². The molecule has 0 aliphatic rings. The van der Waals surface area contributed by atoms with Gasteiger partial charge in [-0.25, -0.2) is 4.68 Å². The second-order valence-corrected chi connectivity index (χ2v) is 7.89. The number of hydrogen-bond acceptors (Lipinski definition) is 6. The number of amides is 1. The second-order valence-electron chi connectivity index (χ2n) is 7.89. The zero-order valence-electron chi connectivity index (χ0n) is 19.0. The fourth-order valence-corrected chi connectivity index (χ4v) is 2.98. The molecular weight excluding hydrogens is 422 g/mol. The molecule has 0 radical (unpaired) electrons. The molecule has 2 aromatic carbocycles. The highest BCUT2D eigenvalue weighted by molar-refractivity contribution is 5.98. The van der Waals surface area contributed by atoms with Gasteiger partial charge in [0, 0.05) is 0 Å². The average Bonchev–Trinajstić information content (AvgIpc) is 3.09. The Morgan fingerprint density at radius 3 is 2.39 bits per heavy atom. The fraction of sp³-hybridized carbons (Fsp3) is 0.292. The molecule has 3 aromatic rings. The van der Waals surface area contributed by atoms with Gasteiger partial charge in [0.05, 0.1) is 35.1 Å². The molecule has 0 aliphatic carbocycles. The minimum atomic E-state index is -0.475. The van der Waals surface area contributed by atoms with Crippen LogP contribution in [0, 0.1) is 12.8 Å². The van der Waals surface area contributed by atoms with Crippen molar-refractivity contribution in [2.75, 3.05) is 6.54 Å². The molecule has 1 amide bonds. The van der Waals surface area contributed by atoms with Gasteiger partial charge in [-0.15, -0.1) is 10.2 Å². The summed E-state index contributed by atoms with van der Waals surface area (Å²) in [5.74, 6) is -0.953. The minimum absolute atomic E-state index is 0.154. The van der Waals surface area contributed by atoms with Gasteiger partial charge in [0.25, 0.3) is 11.5 Å². The topological polar surface area (TPSA) is 118 Å². The van der Waals surface area contributed by atoms with Crippen LogP contribution in [0.15, 0.2) is 69.6 Å². The van der Waals surface area contributed by atoms with Crippen LogP contribution >= 0.6 is 0 Å². The Morgan fingerprint density at radius 2 is 1.70 bits per heavy atom. The second kappa shape index (κ2) is 10.5. The fourth-order valence-electron chi connectivity index (χ4n) is 2.98. The average molecular weight is 450 g/mol. The first-order valence-electron chi connectivity index (χ1n) is 10.6. The van der Waals surface area contributed by atoms with Crippen molar-refractivity contribution in [3.05, 3.63) is 76.2 Å². The first kappa shape index (κ1) is 23.6. The first-order valence-corrected chi connectivity index (χ1v) is 10.6. The SMILES string of the molecule is Cc1[nH]n(-c2ccccc2)c(=O)c1N=Nc1ccccc1C(=O)NCC(C)OC(=O)C(C)C. The third kappa shape index (κ3) is 5.82. The maximum atomic E-state index is 12.8. The van der Waals surface area contributed by atoms with Crippen LogP contribution in [0.25, 0.3) is 5.69 Å². The number of azo groups is 1. The summed E-state index contributed by atoms with van der Waals surface area (Å²) >= 11 is 0. The Morgan fingerprint density at radius 1 is 1.03 bits per heavy atom. The van der Waals surface area contributed by atoms with E-state index >= 15 is 0 Å². The van der Waals surface area contributed by atoms with Gasteiger partial charge in [-0.05, 0) is 38.1 Å². The quantitative estimate of drug-likeness (QED) is 0.396. The van der Waals surface area contributed by atoms with Crippen molar-refractivity contribution in [3.8, 4) is 5.69 Å². The van der Waals surface area contributed by atoms with Gasteiger partial charge >= 0.3 is 5.97 Å². The molecule has 172 valence electrons. The number of carbonyl (C=O) groups is 2. The van der Waals surface area contributed by atoms with Crippen LogP contribution in [0.4, 0.5) is 11.4 Å². The van der Waals surface area contributed by atoms with E-state index in [0.717, 1.165) is 0 Å². The van der Waals surface area contributed by atoms with Crippen molar-refractivity contribution in [1.29, 1.82) is 0 Å². The predicted octanol–water partition coefficient (Wildman–Crippen LogP) is 4.21. The molecule has 1 heterocycles. The molecule has 0 bridgehead atoms. The third-order valence-electron chi connectivity index (χ3n) is 4.80. The van der Waals surface area contributed by atoms with Gasteiger partial charge in [-0.1, -0.05) is 44.2 Å². The summed E-state index contributed by atoms with van der Waals surface area (Å²) < 4.78 is 6.65. The van der Waals surface area contributed by atoms with E-state index in [1.165, 1.54) is 4.68 Å². The van der Waals surface area contributed by atoms with Crippen LogP contribution in [0.1, 0.15) is 36.8 Å². The summed E-state index contributed by atoms with van der Waals surface area (Å²) in [5.41, 5.74) is 1.65. The molecule has 0 saturated heterocycles. The number of nitrogens with one attached hydrogen (secondary N) is 2. The summed E-state index contributed by atoms with van der Waals surface area (Å²) in [5, 5.41) is 14.0. The molecule has 1 atom stereocenters. The lowest BCUT2D eigenvalue weighted by Crippen LogP contribution is -2.34. The number of rotatable bonds is 8. The van der Waals surface area contributed by atoms with Crippen LogP contribution in [0.3, 0.4) is 0 Å². The molecule has 0 fully saturated rings. The van der Waals surface area contributed by atoms with Crippen LogP contribution in [0.2, 0.25) is 0 Å². The van der Waals surface area contributed by atoms with E-state index < -0.39 is 6.10 Å². The summed E-state index contributed by atoms with van der Waals surface area (Å²) in [7, 11) is 0. The number of hydrogen-bond donors (Lipinski definition) is 2. The van der Waals surface area contributed by atoms with Crippen molar-refractivity contribution in [2.45, 2.75) is 33.8 Å². The van der Waals surface area contributed by atoms with Gasteiger partial charge in [0.15, 0.2) is 5.69 Å². The van der Waals surface area contributed by atoms with Gasteiger partial charge in [-0.2, -0.15) is 0 Å². The van der Waals surface area contributed by atoms with E-state index in [1.54, 1.807) is 64.1 Å². The smallest absolute Gasteiger partial charge is 0.308 e. The maximum Gasteiger partial charge on any atom is 0.308 e. The number of benzene rings is 2. The van der Waals surface area contributed by atoms with Crippen LogP contribution in [-0.4, -0.2) is 34.3 Å². The number of aromatic nitrogens is 2. The highest BCUT2D eigenvalue weighted by atomic mass is 16.5. The molecule has 0 saturated carbocycles. The van der Waals surface area contributed by atoms with Gasteiger partial charge < -0.3 is 10.1 Å². The van der Waals surface area contributed by atoms with Gasteiger partial charge in [0.1, 0.15) is 6.10 Å². The van der Waals surface area contributed by atoms with E-state index in [0.29, 0.717) is 22.6 Å². The summed E-state index contributed by atoms with van der Waals surface area (Å²) in [4.78, 5) is 37.2. The molecule has 1 aromatic heterocycles. The molecule has 9 heteroatoms. The first-order chi connectivity index (χ1) is 15.8. The number of para-hydroxylation sites is 1. The van der Waals surface area contributed by atoms with Crippen molar-refractivity contribution in [3.63, 3.8) is 0 Å². The lowest BCUT2D eigenvalue weighted by molar-refractivity contribution is -0.151. The number of aromatic amines is 1. The third-order valence-corrected chi connectivity index (χ3v) is 4.80. The van der Waals surface area contributed by atoms with Crippen LogP contribution in [0.5, 0.6) is 0 Å². The number of ether oxygens (including phenoxy) is 1. The Hall–Kier alpha value is -4.01. The number of aryl methyl sites for hydroxylation is 1. The molecule has 1 unspecified atom stereocenters. The van der Waals surface area contributed by atoms with E-state index in [1.807, 2.05) is 18.2 Å². The Labute approximate surface area is 191 Å². The molecular formula is C24H27N5O4.